The van der Waals surface area contributed by atoms with Crippen LogP contribution in [0.25, 0.3) is 0 Å². The maximum absolute atomic E-state index is 14.0. The quantitative estimate of drug-likeness (QED) is 0.804. The molecule has 0 radical (unpaired) electrons. The average Bonchev–Trinajstić information content (AvgIpc) is 3.05. The molecule has 2 aliphatic rings. The van der Waals surface area contributed by atoms with Crippen molar-refractivity contribution in [3.8, 4) is 0 Å². The molecule has 0 saturated carbocycles. The van der Waals surface area contributed by atoms with Crippen LogP contribution in [-0.2, 0) is 24.9 Å². The minimum atomic E-state index is -0.119. The number of morpholine rings is 1. The number of nitrogens with zero attached hydrogens (tertiary/aromatic N) is 5. The molecule has 2 fully saturated rings. The molecule has 0 spiro atoms. The second-order valence-corrected chi connectivity index (χ2v) is 7.59. The lowest BCUT2D eigenvalue weighted by Gasteiger charge is -2.32. The van der Waals surface area contributed by atoms with Gasteiger partial charge in [-0.15, -0.1) is 10.2 Å². The van der Waals surface area contributed by atoms with Crippen LogP contribution in [0.4, 0.5) is 4.39 Å². The summed E-state index contributed by atoms with van der Waals surface area (Å²) < 4.78 is 21.6. The second-order valence-electron chi connectivity index (χ2n) is 7.59. The van der Waals surface area contributed by atoms with Gasteiger partial charge in [0, 0.05) is 44.7 Å². The Balaban J connectivity index is 1.41. The molecule has 7 heteroatoms. The van der Waals surface area contributed by atoms with E-state index in [2.05, 4.69) is 31.6 Å². The van der Waals surface area contributed by atoms with Crippen molar-refractivity contribution in [1.29, 1.82) is 0 Å². The van der Waals surface area contributed by atoms with Gasteiger partial charge in [0.1, 0.15) is 17.5 Å². The Hall–Kier alpha value is -1.83. The van der Waals surface area contributed by atoms with Crippen LogP contribution in [0.1, 0.15) is 36.0 Å². The fourth-order valence-corrected chi connectivity index (χ4v) is 4.11. The van der Waals surface area contributed by atoms with E-state index >= 15 is 0 Å². The lowest BCUT2D eigenvalue weighted by atomic mass is 9.96. The Kier molecular flexibility index (Phi) is 5.80. The standard InChI is InChI=1S/C20H28FN5O/c1-24-19(15-25-9-11-27-12-10-25)22-23-20(24)17-6-4-8-26(14-17)13-16-5-2-3-7-18(16)21/h2-3,5,7,17H,4,6,8-15H2,1H3/t17-/m0/s1. The van der Waals surface area contributed by atoms with Crippen molar-refractivity contribution in [2.24, 2.45) is 7.05 Å². The minimum Gasteiger partial charge on any atom is -0.379 e. The summed E-state index contributed by atoms with van der Waals surface area (Å²) >= 11 is 0. The maximum atomic E-state index is 14.0. The molecule has 3 heterocycles. The van der Waals surface area contributed by atoms with Crippen molar-refractivity contribution >= 4 is 0 Å². The number of benzene rings is 1. The van der Waals surface area contributed by atoms with Gasteiger partial charge in [-0.05, 0) is 25.5 Å². The molecule has 146 valence electrons. The van der Waals surface area contributed by atoms with Crippen LogP contribution in [0.15, 0.2) is 24.3 Å². The van der Waals surface area contributed by atoms with Gasteiger partial charge >= 0.3 is 0 Å². The molecule has 0 N–H and O–H groups in total. The van der Waals surface area contributed by atoms with E-state index in [0.29, 0.717) is 12.5 Å². The fraction of sp³-hybridized carbons (Fsp3) is 0.600. The van der Waals surface area contributed by atoms with Crippen LogP contribution in [-0.4, -0.2) is 64.0 Å². The molecule has 1 atom stereocenters. The maximum Gasteiger partial charge on any atom is 0.146 e. The Morgan fingerprint density at radius 1 is 1.07 bits per heavy atom. The highest BCUT2D eigenvalue weighted by Gasteiger charge is 2.27. The average molecular weight is 373 g/mol. The first kappa shape index (κ1) is 18.5. The number of piperidine rings is 1. The van der Waals surface area contributed by atoms with Crippen molar-refractivity contribution in [3.05, 3.63) is 47.3 Å². The fourth-order valence-electron chi connectivity index (χ4n) is 4.11. The number of halogens is 1. The number of ether oxygens (including phenoxy) is 1. The summed E-state index contributed by atoms with van der Waals surface area (Å²) in [6.07, 6.45) is 2.21. The summed E-state index contributed by atoms with van der Waals surface area (Å²) in [4.78, 5) is 4.70. The number of aromatic nitrogens is 3. The Morgan fingerprint density at radius 3 is 2.70 bits per heavy atom. The Morgan fingerprint density at radius 2 is 1.89 bits per heavy atom. The minimum absolute atomic E-state index is 0.119. The Bertz CT molecular complexity index is 759. The van der Waals surface area contributed by atoms with E-state index in [9.17, 15) is 4.39 Å². The molecule has 27 heavy (non-hydrogen) atoms. The number of likely N-dealkylation sites (tertiary alicyclic amines) is 1. The van der Waals surface area contributed by atoms with Gasteiger partial charge in [-0.25, -0.2) is 4.39 Å². The summed E-state index contributed by atoms with van der Waals surface area (Å²) in [5.41, 5.74) is 0.768. The summed E-state index contributed by atoms with van der Waals surface area (Å²) in [6, 6.07) is 7.06. The third-order valence-corrected chi connectivity index (χ3v) is 5.69. The van der Waals surface area contributed by atoms with Crippen molar-refractivity contribution in [2.75, 3.05) is 39.4 Å². The smallest absolute Gasteiger partial charge is 0.146 e. The highest BCUT2D eigenvalue weighted by Crippen LogP contribution is 2.27. The van der Waals surface area contributed by atoms with Crippen molar-refractivity contribution in [2.45, 2.75) is 31.8 Å². The zero-order chi connectivity index (χ0) is 18.6. The van der Waals surface area contributed by atoms with Crippen molar-refractivity contribution in [3.63, 3.8) is 0 Å². The van der Waals surface area contributed by atoms with Gasteiger partial charge in [-0.2, -0.15) is 0 Å². The van der Waals surface area contributed by atoms with Crippen molar-refractivity contribution < 1.29 is 9.13 Å². The van der Waals surface area contributed by atoms with E-state index in [1.54, 1.807) is 6.07 Å². The monoisotopic (exact) mass is 373 g/mol. The van der Waals surface area contributed by atoms with Crippen LogP contribution in [0, 0.1) is 5.82 Å². The normalized spacial score (nSPS) is 22.2. The third-order valence-electron chi connectivity index (χ3n) is 5.69. The largest absolute Gasteiger partial charge is 0.379 e. The summed E-state index contributed by atoms with van der Waals surface area (Å²) in [6.45, 7) is 6.85. The number of rotatable bonds is 5. The summed E-state index contributed by atoms with van der Waals surface area (Å²) in [5.74, 6) is 2.29. The first-order valence-corrected chi connectivity index (χ1v) is 9.84. The topological polar surface area (TPSA) is 46.4 Å². The van der Waals surface area contributed by atoms with E-state index in [4.69, 9.17) is 4.74 Å². The second kappa shape index (κ2) is 8.46. The van der Waals surface area contributed by atoms with Gasteiger partial charge in [0.05, 0.1) is 19.8 Å². The van der Waals surface area contributed by atoms with Crippen LogP contribution in [0.3, 0.4) is 0 Å². The highest BCUT2D eigenvalue weighted by atomic mass is 19.1. The van der Waals surface area contributed by atoms with Crippen molar-refractivity contribution in [1.82, 2.24) is 24.6 Å². The van der Waals surface area contributed by atoms with E-state index in [1.807, 2.05) is 12.1 Å². The number of hydrogen-bond donors (Lipinski definition) is 0. The van der Waals surface area contributed by atoms with Crippen LogP contribution < -0.4 is 0 Å². The lowest BCUT2D eigenvalue weighted by Crippen LogP contribution is -2.36. The van der Waals surface area contributed by atoms with Gasteiger partial charge in [0.25, 0.3) is 0 Å². The SMILES string of the molecule is Cn1c(CN2CCOCC2)nnc1[C@H]1CCCN(Cc2ccccc2F)C1. The first-order valence-electron chi connectivity index (χ1n) is 9.84. The molecule has 2 aliphatic heterocycles. The molecule has 1 aromatic heterocycles. The molecule has 4 rings (SSSR count). The molecular formula is C20H28FN5O. The number of hydrogen-bond acceptors (Lipinski definition) is 5. The third kappa shape index (κ3) is 4.36. The molecule has 0 aliphatic carbocycles. The van der Waals surface area contributed by atoms with Gasteiger partial charge < -0.3 is 9.30 Å². The summed E-state index contributed by atoms with van der Waals surface area (Å²) in [5, 5.41) is 8.98. The zero-order valence-electron chi connectivity index (χ0n) is 16.0. The predicted octanol–water partition coefficient (Wildman–Crippen LogP) is 2.17. The van der Waals surface area contributed by atoms with E-state index in [-0.39, 0.29) is 5.82 Å². The van der Waals surface area contributed by atoms with Gasteiger partial charge in [0.15, 0.2) is 0 Å². The van der Waals surface area contributed by atoms with Gasteiger partial charge in [-0.1, -0.05) is 18.2 Å². The van der Waals surface area contributed by atoms with E-state index in [0.717, 1.165) is 76.0 Å². The molecule has 2 aromatic rings. The molecule has 1 aromatic carbocycles. The molecular weight excluding hydrogens is 345 g/mol. The van der Waals surface area contributed by atoms with Gasteiger partial charge in [-0.3, -0.25) is 9.80 Å². The van der Waals surface area contributed by atoms with E-state index < -0.39 is 0 Å². The lowest BCUT2D eigenvalue weighted by molar-refractivity contribution is 0.0326. The first-order chi connectivity index (χ1) is 13.2. The molecule has 2 saturated heterocycles. The van der Waals surface area contributed by atoms with Crippen LogP contribution in [0.5, 0.6) is 0 Å². The molecule has 0 unspecified atom stereocenters. The van der Waals surface area contributed by atoms with E-state index in [1.165, 1.54) is 6.07 Å². The molecule has 6 nitrogen and oxygen atoms in total. The highest BCUT2D eigenvalue weighted by molar-refractivity contribution is 5.17. The molecule has 0 bridgehead atoms. The van der Waals surface area contributed by atoms with Crippen LogP contribution in [0.2, 0.25) is 0 Å². The molecule has 0 amide bonds. The van der Waals surface area contributed by atoms with Gasteiger partial charge in [0.2, 0.25) is 0 Å². The zero-order valence-corrected chi connectivity index (χ0v) is 16.0. The predicted molar refractivity (Wildman–Crippen MR) is 101 cm³/mol. The summed E-state index contributed by atoms with van der Waals surface area (Å²) in [7, 11) is 2.07. The van der Waals surface area contributed by atoms with Crippen LogP contribution >= 0.6 is 0 Å². The Labute approximate surface area is 159 Å².